The van der Waals surface area contributed by atoms with E-state index in [9.17, 15) is 9.59 Å². The van der Waals surface area contributed by atoms with Gasteiger partial charge >= 0.3 is 12.2 Å². The van der Waals surface area contributed by atoms with Gasteiger partial charge in [-0.15, -0.1) is 0 Å². The van der Waals surface area contributed by atoms with Crippen LogP contribution in [0, 0.1) is 17.7 Å². The maximum atomic E-state index is 15.1. The second kappa shape index (κ2) is 13.5. The second-order valence-corrected chi connectivity index (χ2v) is 13.8. The van der Waals surface area contributed by atoms with Gasteiger partial charge in [0.05, 0.1) is 30.0 Å². The normalized spacial score (nSPS) is 15.0. The number of rotatable bonds is 6. The molecule has 0 aliphatic carbocycles. The molecule has 3 heterocycles. The Balaban J connectivity index is 1.27. The maximum absolute atomic E-state index is 15.1. The van der Waals surface area contributed by atoms with Crippen molar-refractivity contribution in [3.05, 3.63) is 71.2 Å². The summed E-state index contributed by atoms with van der Waals surface area (Å²) in [6, 6.07) is 10.5. The van der Waals surface area contributed by atoms with Crippen molar-refractivity contribution in [2.45, 2.75) is 91.5 Å². The molecule has 1 atom stereocenters. The third-order valence-electron chi connectivity index (χ3n) is 7.42. The van der Waals surface area contributed by atoms with E-state index >= 15 is 4.39 Å². The SMILES string of the molecule is CCCN(Cc1ncc(-c2ccc(C#Cc3cc(F)c4nc([C@@H]5CCCN5C(=O)OC(C)(C)C)[nH]c4c3)cc2)[nH]1)C(=O)OC(C)(C)C. The summed E-state index contributed by atoms with van der Waals surface area (Å²) in [7, 11) is 0. The molecule has 0 spiro atoms. The summed E-state index contributed by atoms with van der Waals surface area (Å²) in [5.74, 6) is 6.88. The molecule has 2 aromatic carbocycles. The maximum Gasteiger partial charge on any atom is 0.410 e. The van der Waals surface area contributed by atoms with Crippen LogP contribution in [0.25, 0.3) is 22.3 Å². The van der Waals surface area contributed by atoms with Crippen molar-refractivity contribution in [2.24, 2.45) is 0 Å². The molecule has 1 aliphatic rings. The van der Waals surface area contributed by atoms with Gasteiger partial charge < -0.3 is 24.3 Å². The number of ether oxygens (including phenoxy) is 2. The minimum absolute atomic E-state index is 0.216. The van der Waals surface area contributed by atoms with E-state index in [-0.39, 0.29) is 17.7 Å². The van der Waals surface area contributed by atoms with Crippen molar-refractivity contribution in [3.8, 4) is 23.1 Å². The second-order valence-electron chi connectivity index (χ2n) is 13.8. The lowest BCUT2D eigenvalue weighted by atomic mass is 10.1. The lowest BCUT2D eigenvalue weighted by Gasteiger charge is -2.27. The van der Waals surface area contributed by atoms with E-state index in [1.165, 1.54) is 6.07 Å². The van der Waals surface area contributed by atoms with Crippen LogP contribution in [-0.2, 0) is 16.0 Å². The molecule has 1 fully saturated rings. The molecule has 47 heavy (non-hydrogen) atoms. The quantitative estimate of drug-likeness (QED) is 0.208. The molecule has 4 aromatic rings. The molecule has 10 nitrogen and oxygen atoms in total. The summed E-state index contributed by atoms with van der Waals surface area (Å²) in [5.41, 5.74) is 2.55. The summed E-state index contributed by atoms with van der Waals surface area (Å²) < 4.78 is 26.3. The Morgan fingerprint density at radius 3 is 2.40 bits per heavy atom. The van der Waals surface area contributed by atoms with E-state index in [0.717, 1.165) is 29.7 Å². The molecule has 0 bridgehead atoms. The number of carbonyl (C=O) groups is 2. The highest BCUT2D eigenvalue weighted by Crippen LogP contribution is 2.33. The highest BCUT2D eigenvalue weighted by atomic mass is 19.1. The van der Waals surface area contributed by atoms with E-state index in [0.29, 0.717) is 48.8 Å². The van der Waals surface area contributed by atoms with Crippen LogP contribution >= 0.6 is 0 Å². The summed E-state index contributed by atoms with van der Waals surface area (Å²) in [5, 5.41) is 0. The van der Waals surface area contributed by atoms with Crippen molar-refractivity contribution >= 4 is 23.2 Å². The molecule has 1 aliphatic heterocycles. The minimum Gasteiger partial charge on any atom is -0.444 e. The Morgan fingerprint density at radius 2 is 1.72 bits per heavy atom. The summed E-state index contributed by atoms with van der Waals surface area (Å²) in [6.45, 7) is 14.5. The van der Waals surface area contributed by atoms with Crippen molar-refractivity contribution in [2.75, 3.05) is 13.1 Å². The zero-order valence-electron chi connectivity index (χ0n) is 28.2. The fraction of sp³-hybridized carbons (Fsp3) is 0.444. The topological polar surface area (TPSA) is 116 Å². The summed E-state index contributed by atoms with van der Waals surface area (Å²) >= 11 is 0. The smallest absolute Gasteiger partial charge is 0.410 e. The Hall–Kier alpha value is -4.85. The molecule has 2 N–H and O–H groups in total. The van der Waals surface area contributed by atoms with E-state index in [1.807, 2.05) is 72.7 Å². The first-order valence-electron chi connectivity index (χ1n) is 16.0. The number of fused-ring (bicyclic) bond motifs is 1. The molecular formula is C36H43FN6O4. The van der Waals surface area contributed by atoms with Crippen LogP contribution in [0.15, 0.2) is 42.6 Å². The summed E-state index contributed by atoms with van der Waals surface area (Å²) in [6.07, 6.45) is 3.30. The largest absolute Gasteiger partial charge is 0.444 e. The predicted octanol–water partition coefficient (Wildman–Crippen LogP) is 7.71. The van der Waals surface area contributed by atoms with Gasteiger partial charge in [0.1, 0.15) is 28.4 Å². The fourth-order valence-corrected chi connectivity index (χ4v) is 5.39. The number of hydrogen-bond donors (Lipinski definition) is 2. The number of aromatic amines is 2. The standard InChI is InChI=1S/C36H43FN6O4/c1-8-17-42(33(44)46-35(2,3)4)22-30-38-21-28(39-30)25-15-13-23(14-16-25)11-12-24-19-26(37)31-27(20-24)40-32(41-31)29-10-9-18-43(29)34(45)47-36(5,6)7/h13-16,19-21,29H,8-10,17-18,22H2,1-7H3,(H,38,39)(H,40,41)/t29-/m0/s1. The Kier molecular flexibility index (Phi) is 9.61. The number of aromatic nitrogens is 4. The molecule has 0 saturated carbocycles. The number of nitrogens with one attached hydrogen (secondary N) is 2. The summed E-state index contributed by atoms with van der Waals surface area (Å²) in [4.78, 5) is 44.2. The number of hydrogen-bond acceptors (Lipinski definition) is 6. The lowest BCUT2D eigenvalue weighted by Crippen LogP contribution is -2.37. The molecule has 2 amide bonds. The monoisotopic (exact) mass is 642 g/mol. The van der Waals surface area contributed by atoms with Crippen LogP contribution in [0.5, 0.6) is 0 Å². The number of carbonyl (C=O) groups excluding carboxylic acids is 2. The number of imidazole rings is 2. The van der Waals surface area contributed by atoms with Gasteiger partial charge in [0.15, 0.2) is 5.82 Å². The Bertz CT molecular complexity index is 1800. The minimum atomic E-state index is -0.609. The number of likely N-dealkylation sites (tertiary alicyclic amines) is 1. The van der Waals surface area contributed by atoms with Crippen molar-refractivity contribution < 1.29 is 23.5 Å². The van der Waals surface area contributed by atoms with Crippen LogP contribution in [0.1, 0.15) is 96.5 Å². The van der Waals surface area contributed by atoms with Gasteiger partial charge in [-0.3, -0.25) is 4.90 Å². The highest BCUT2D eigenvalue weighted by molar-refractivity contribution is 5.78. The van der Waals surface area contributed by atoms with E-state index in [4.69, 9.17) is 9.47 Å². The van der Waals surface area contributed by atoms with Crippen molar-refractivity contribution in [3.63, 3.8) is 0 Å². The number of benzene rings is 2. The van der Waals surface area contributed by atoms with E-state index in [2.05, 4.69) is 31.8 Å². The highest BCUT2D eigenvalue weighted by Gasteiger charge is 2.35. The van der Waals surface area contributed by atoms with E-state index < -0.39 is 23.1 Å². The number of halogens is 1. The van der Waals surface area contributed by atoms with Crippen molar-refractivity contribution in [1.29, 1.82) is 0 Å². The van der Waals surface area contributed by atoms with Gasteiger partial charge in [-0.25, -0.2) is 23.9 Å². The molecule has 1 saturated heterocycles. The van der Waals surface area contributed by atoms with Crippen LogP contribution in [-0.4, -0.2) is 66.2 Å². The first-order chi connectivity index (χ1) is 22.2. The average Bonchev–Trinajstić information content (AvgIpc) is 3.74. The van der Waals surface area contributed by atoms with Crippen LogP contribution < -0.4 is 0 Å². The van der Waals surface area contributed by atoms with Crippen LogP contribution in [0.3, 0.4) is 0 Å². The van der Waals surface area contributed by atoms with E-state index in [1.54, 1.807) is 22.1 Å². The Morgan fingerprint density at radius 1 is 1.02 bits per heavy atom. The van der Waals surface area contributed by atoms with Gasteiger partial charge in [0.25, 0.3) is 0 Å². The predicted molar refractivity (Wildman–Crippen MR) is 178 cm³/mol. The first kappa shape index (κ1) is 33.5. The molecular weight excluding hydrogens is 599 g/mol. The number of amides is 2. The van der Waals surface area contributed by atoms with Gasteiger partial charge in [0.2, 0.25) is 0 Å². The van der Waals surface area contributed by atoms with Crippen LogP contribution in [0.2, 0.25) is 0 Å². The Labute approximate surface area is 275 Å². The van der Waals surface area contributed by atoms with Gasteiger partial charge in [0, 0.05) is 24.2 Å². The molecule has 0 radical (unpaired) electrons. The third kappa shape index (κ3) is 8.50. The lowest BCUT2D eigenvalue weighted by molar-refractivity contribution is 0.0213. The third-order valence-corrected chi connectivity index (χ3v) is 7.42. The van der Waals surface area contributed by atoms with Gasteiger partial charge in [-0.1, -0.05) is 30.9 Å². The van der Waals surface area contributed by atoms with Gasteiger partial charge in [-0.2, -0.15) is 0 Å². The fourth-order valence-electron chi connectivity index (χ4n) is 5.39. The zero-order chi connectivity index (χ0) is 33.9. The van der Waals surface area contributed by atoms with Crippen molar-refractivity contribution in [1.82, 2.24) is 29.7 Å². The first-order valence-corrected chi connectivity index (χ1v) is 16.0. The van der Waals surface area contributed by atoms with Crippen LogP contribution in [0.4, 0.5) is 14.0 Å². The number of H-pyrrole nitrogens is 2. The molecule has 2 aromatic heterocycles. The number of nitrogens with zero attached hydrogens (tertiary/aromatic N) is 4. The zero-order valence-corrected chi connectivity index (χ0v) is 28.2. The van der Waals surface area contributed by atoms with Gasteiger partial charge in [-0.05, 0) is 90.6 Å². The average molecular weight is 643 g/mol. The molecule has 0 unspecified atom stereocenters. The molecule has 11 heteroatoms. The molecule has 5 rings (SSSR count). The molecule has 248 valence electrons.